The Morgan fingerprint density at radius 2 is 1.26 bits per heavy atom. The van der Waals surface area contributed by atoms with Crippen LogP contribution in [0.2, 0.25) is 0 Å². The van der Waals surface area contributed by atoms with Gasteiger partial charge in [-0.25, -0.2) is 0 Å². The highest BCUT2D eigenvalue weighted by molar-refractivity contribution is 7.80. The van der Waals surface area contributed by atoms with E-state index < -0.39 is 11.8 Å². The summed E-state index contributed by atoms with van der Waals surface area (Å²) in [6, 6.07) is 20.4. The largest absolute Gasteiger partial charge is 0.491 e. The minimum Gasteiger partial charge on any atom is -0.491 e. The van der Waals surface area contributed by atoms with E-state index in [1.165, 1.54) is 0 Å². The van der Waals surface area contributed by atoms with Crippen LogP contribution in [0.25, 0.3) is 0 Å². The van der Waals surface area contributed by atoms with Crippen molar-refractivity contribution < 1.29 is 23.9 Å². The van der Waals surface area contributed by atoms with Crippen LogP contribution >= 0.6 is 12.2 Å². The molecule has 3 aromatic carbocycles. The minimum atomic E-state index is -0.472. The van der Waals surface area contributed by atoms with Crippen LogP contribution < -0.4 is 26.2 Å². The molecule has 3 aromatic rings. The molecule has 9 nitrogen and oxygen atoms in total. The zero-order valence-electron chi connectivity index (χ0n) is 22.3. The SMILES string of the molecule is COCCOc1ccc(C(=O)NC(=S)NNC(=O)c2ccc(NC(=O)c3ccc(C(C)(C)C)cc3)cc2)cc1. The van der Waals surface area contributed by atoms with E-state index in [4.69, 9.17) is 21.7 Å². The zero-order valence-corrected chi connectivity index (χ0v) is 23.1. The van der Waals surface area contributed by atoms with E-state index in [2.05, 4.69) is 42.3 Å². The zero-order chi connectivity index (χ0) is 28.4. The first-order chi connectivity index (χ1) is 18.6. The number of amides is 3. The summed E-state index contributed by atoms with van der Waals surface area (Å²) in [5.74, 6) is -0.557. The molecule has 0 radical (unpaired) electrons. The van der Waals surface area contributed by atoms with Crippen molar-refractivity contribution in [3.05, 3.63) is 95.1 Å². The first-order valence-corrected chi connectivity index (χ1v) is 12.6. The molecule has 39 heavy (non-hydrogen) atoms. The number of nitrogens with one attached hydrogen (secondary N) is 4. The van der Waals surface area contributed by atoms with E-state index in [-0.39, 0.29) is 16.4 Å². The Bertz CT molecular complexity index is 1300. The second-order valence-electron chi connectivity index (χ2n) is 9.59. The third-order valence-corrected chi connectivity index (χ3v) is 5.81. The van der Waals surface area contributed by atoms with Crippen LogP contribution in [0.3, 0.4) is 0 Å². The molecular formula is C29H32N4O5S. The molecule has 0 atom stereocenters. The van der Waals surface area contributed by atoms with Crippen LogP contribution in [0.1, 0.15) is 57.4 Å². The van der Waals surface area contributed by atoms with Crippen LogP contribution in [-0.2, 0) is 10.2 Å². The fourth-order valence-corrected chi connectivity index (χ4v) is 3.51. The molecule has 4 N–H and O–H groups in total. The molecule has 204 valence electrons. The van der Waals surface area contributed by atoms with Crippen molar-refractivity contribution in [2.24, 2.45) is 0 Å². The summed E-state index contributed by atoms with van der Waals surface area (Å²) in [5.41, 5.74) is 7.85. The lowest BCUT2D eigenvalue weighted by atomic mass is 9.87. The van der Waals surface area contributed by atoms with Gasteiger partial charge < -0.3 is 14.8 Å². The second kappa shape index (κ2) is 13.5. The van der Waals surface area contributed by atoms with Gasteiger partial charge in [0, 0.05) is 29.5 Å². The van der Waals surface area contributed by atoms with E-state index >= 15 is 0 Å². The third-order valence-electron chi connectivity index (χ3n) is 5.61. The first-order valence-electron chi connectivity index (χ1n) is 12.2. The maximum atomic E-state index is 12.6. The summed E-state index contributed by atoms with van der Waals surface area (Å²) < 4.78 is 10.4. The number of hydrogen-bond acceptors (Lipinski definition) is 6. The molecule has 0 unspecified atom stereocenters. The highest BCUT2D eigenvalue weighted by atomic mass is 32.1. The lowest BCUT2D eigenvalue weighted by Crippen LogP contribution is -2.48. The maximum absolute atomic E-state index is 12.6. The van der Waals surface area contributed by atoms with Gasteiger partial charge in [-0.2, -0.15) is 0 Å². The summed E-state index contributed by atoms with van der Waals surface area (Å²) in [6.45, 7) is 7.20. The van der Waals surface area contributed by atoms with Gasteiger partial charge in [-0.1, -0.05) is 32.9 Å². The Balaban J connectivity index is 1.46. The molecule has 0 saturated heterocycles. The Kier molecular flexibility index (Phi) is 10.1. The normalized spacial score (nSPS) is 10.8. The van der Waals surface area contributed by atoms with E-state index in [0.717, 1.165) is 5.56 Å². The van der Waals surface area contributed by atoms with Gasteiger partial charge in [-0.15, -0.1) is 0 Å². The fraction of sp³-hybridized carbons (Fsp3) is 0.241. The molecule has 0 aliphatic heterocycles. The Morgan fingerprint density at radius 1 is 0.718 bits per heavy atom. The lowest BCUT2D eigenvalue weighted by Gasteiger charge is -2.19. The Labute approximate surface area is 233 Å². The van der Waals surface area contributed by atoms with Gasteiger partial charge in [0.2, 0.25) is 0 Å². The van der Waals surface area contributed by atoms with Crippen molar-refractivity contribution in [3.63, 3.8) is 0 Å². The van der Waals surface area contributed by atoms with Gasteiger partial charge in [0.05, 0.1) is 6.61 Å². The summed E-state index contributed by atoms with van der Waals surface area (Å²) >= 11 is 5.09. The van der Waals surface area contributed by atoms with Gasteiger partial charge in [-0.05, 0) is 83.9 Å². The molecule has 3 amide bonds. The number of carbonyl (C=O) groups is 3. The average Bonchev–Trinajstić information content (AvgIpc) is 2.92. The van der Waals surface area contributed by atoms with Gasteiger partial charge in [0.25, 0.3) is 17.7 Å². The van der Waals surface area contributed by atoms with E-state index in [0.29, 0.717) is 41.3 Å². The van der Waals surface area contributed by atoms with Gasteiger partial charge in [0.1, 0.15) is 12.4 Å². The fourth-order valence-electron chi connectivity index (χ4n) is 3.37. The Morgan fingerprint density at radius 3 is 1.85 bits per heavy atom. The lowest BCUT2D eigenvalue weighted by molar-refractivity contribution is 0.0934. The number of hydrazine groups is 1. The van der Waals surface area contributed by atoms with Crippen molar-refractivity contribution in [2.45, 2.75) is 26.2 Å². The number of methoxy groups -OCH3 is 1. The number of ether oxygens (including phenoxy) is 2. The molecule has 3 rings (SSSR count). The van der Waals surface area contributed by atoms with E-state index in [9.17, 15) is 14.4 Å². The van der Waals surface area contributed by atoms with Crippen LogP contribution in [0, 0.1) is 0 Å². The number of thiocarbonyl (C=S) groups is 1. The van der Waals surface area contributed by atoms with Crippen molar-refractivity contribution in [3.8, 4) is 5.75 Å². The first kappa shape index (κ1) is 29.3. The highest BCUT2D eigenvalue weighted by Gasteiger charge is 2.15. The molecule has 0 heterocycles. The minimum absolute atomic E-state index is 0.00189. The van der Waals surface area contributed by atoms with E-state index in [1.54, 1.807) is 67.8 Å². The van der Waals surface area contributed by atoms with Crippen molar-refractivity contribution in [2.75, 3.05) is 25.6 Å². The average molecular weight is 549 g/mol. The van der Waals surface area contributed by atoms with E-state index in [1.807, 2.05) is 12.1 Å². The molecule has 0 saturated carbocycles. The predicted molar refractivity (Wildman–Crippen MR) is 154 cm³/mol. The van der Waals surface area contributed by atoms with Gasteiger partial charge >= 0.3 is 0 Å². The number of anilines is 1. The number of hydrogen-bond donors (Lipinski definition) is 4. The Hall–Kier alpha value is -4.28. The quantitative estimate of drug-likeness (QED) is 0.189. The molecule has 0 aromatic heterocycles. The van der Waals surface area contributed by atoms with Crippen LogP contribution in [0.15, 0.2) is 72.8 Å². The topological polar surface area (TPSA) is 118 Å². The number of rotatable bonds is 8. The highest BCUT2D eigenvalue weighted by Crippen LogP contribution is 2.22. The molecule has 0 fully saturated rings. The molecule has 0 spiro atoms. The monoisotopic (exact) mass is 548 g/mol. The standard InChI is InChI=1S/C29H32N4O5S/c1-29(2,3)22-11-5-19(6-12-22)25(34)30-23-13-7-21(8-14-23)27(36)32-33-28(39)31-26(35)20-9-15-24(16-10-20)38-18-17-37-4/h5-16H,17-18H2,1-4H3,(H,30,34)(H,32,36)(H2,31,33,35,39). The van der Waals surface area contributed by atoms with Gasteiger partial charge in [-0.3, -0.25) is 30.6 Å². The molecule has 0 aliphatic rings. The third kappa shape index (κ3) is 8.91. The second-order valence-corrected chi connectivity index (χ2v) is 10.00. The maximum Gasteiger partial charge on any atom is 0.269 e. The molecule has 10 heteroatoms. The van der Waals surface area contributed by atoms with Crippen molar-refractivity contribution >= 4 is 40.7 Å². The molecular weight excluding hydrogens is 516 g/mol. The summed E-state index contributed by atoms with van der Waals surface area (Å²) in [5, 5.41) is 5.24. The summed E-state index contributed by atoms with van der Waals surface area (Å²) in [4.78, 5) is 37.4. The smallest absolute Gasteiger partial charge is 0.269 e. The van der Waals surface area contributed by atoms with Crippen molar-refractivity contribution in [1.82, 2.24) is 16.2 Å². The van der Waals surface area contributed by atoms with Crippen LogP contribution in [0.5, 0.6) is 5.75 Å². The number of benzene rings is 3. The predicted octanol–water partition coefficient (Wildman–Crippen LogP) is 4.21. The van der Waals surface area contributed by atoms with Crippen LogP contribution in [-0.4, -0.2) is 43.2 Å². The van der Waals surface area contributed by atoms with Gasteiger partial charge in [0.15, 0.2) is 5.11 Å². The number of carbonyl (C=O) groups excluding carboxylic acids is 3. The molecule has 0 aliphatic carbocycles. The summed E-state index contributed by atoms with van der Waals surface area (Å²) in [6.07, 6.45) is 0. The molecule has 0 bridgehead atoms. The van der Waals surface area contributed by atoms with Crippen LogP contribution in [0.4, 0.5) is 5.69 Å². The van der Waals surface area contributed by atoms with Crippen molar-refractivity contribution in [1.29, 1.82) is 0 Å². The summed E-state index contributed by atoms with van der Waals surface area (Å²) in [7, 11) is 1.59.